The summed E-state index contributed by atoms with van der Waals surface area (Å²) in [7, 11) is 0. The molecule has 3 atom stereocenters. The van der Waals surface area contributed by atoms with Gasteiger partial charge in [0.2, 0.25) is 6.29 Å². The van der Waals surface area contributed by atoms with Crippen molar-refractivity contribution in [1.29, 1.82) is 0 Å². The predicted molar refractivity (Wildman–Crippen MR) is 44.3 cm³/mol. The van der Waals surface area contributed by atoms with Crippen LogP contribution in [-0.4, -0.2) is 17.4 Å². The fraction of sp³-hybridized carbons (Fsp3) is 0.889. The average molecular weight is 172 g/mol. The first-order valence-electron chi connectivity index (χ1n) is 4.51. The number of carbonyl (C=O) groups is 1. The number of hydrogen-bond acceptors (Lipinski definition) is 3. The van der Waals surface area contributed by atoms with Crippen LogP contribution < -0.4 is 0 Å². The molecule has 0 amide bonds. The Morgan fingerprint density at radius 3 is 2.83 bits per heavy atom. The molecule has 0 aromatic carbocycles. The van der Waals surface area contributed by atoms with Gasteiger partial charge in [0, 0.05) is 5.92 Å². The van der Waals surface area contributed by atoms with Gasteiger partial charge in [-0.15, -0.1) is 0 Å². The van der Waals surface area contributed by atoms with Gasteiger partial charge >= 0.3 is 5.97 Å². The van der Waals surface area contributed by atoms with Crippen LogP contribution in [0.5, 0.6) is 0 Å². The van der Waals surface area contributed by atoms with Gasteiger partial charge in [0.25, 0.3) is 0 Å². The van der Waals surface area contributed by atoms with Gasteiger partial charge < -0.3 is 9.84 Å². The Morgan fingerprint density at radius 2 is 2.42 bits per heavy atom. The quantitative estimate of drug-likeness (QED) is 0.653. The molecule has 0 radical (unpaired) electrons. The lowest BCUT2D eigenvalue weighted by Crippen LogP contribution is -2.17. The Hall–Kier alpha value is -0.570. The molecule has 1 N–H and O–H groups in total. The van der Waals surface area contributed by atoms with Crippen LogP contribution in [-0.2, 0) is 9.53 Å². The molecule has 0 saturated carbocycles. The zero-order chi connectivity index (χ0) is 9.14. The Bertz CT molecular complexity index is 167. The standard InChI is InChI=1S/C9H16O3/c1-3-6(2)4-7-5-8(10)12-9(7)11/h6-7,9,11H,3-5H2,1-2H3/t6?,7-,9?/m0/s1. The highest BCUT2D eigenvalue weighted by atomic mass is 16.6. The minimum atomic E-state index is -0.855. The Kier molecular flexibility index (Phi) is 3.09. The second-order valence-corrected chi connectivity index (χ2v) is 3.59. The largest absolute Gasteiger partial charge is 0.436 e. The fourth-order valence-electron chi connectivity index (χ4n) is 1.48. The third kappa shape index (κ3) is 2.21. The van der Waals surface area contributed by atoms with Crippen molar-refractivity contribution in [2.75, 3.05) is 0 Å². The highest BCUT2D eigenvalue weighted by molar-refractivity contribution is 5.71. The normalized spacial score (nSPS) is 31.8. The summed E-state index contributed by atoms with van der Waals surface area (Å²) in [6.45, 7) is 4.23. The van der Waals surface area contributed by atoms with Crippen molar-refractivity contribution in [3.05, 3.63) is 0 Å². The van der Waals surface area contributed by atoms with Gasteiger partial charge in [0.1, 0.15) is 0 Å². The second kappa shape index (κ2) is 3.90. The smallest absolute Gasteiger partial charge is 0.308 e. The number of aliphatic hydroxyl groups excluding tert-OH is 1. The van der Waals surface area contributed by atoms with Gasteiger partial charge in [-0.2, -0.15) is 0 Å². The van der Waals surface area contributed by atoms with E-state index in [-0.39, 0.29) is 11.9 Å². The summed E-state index contributed by atoms with van der Waals surface area (Å²) in [5.41, 5.74) is 0. The zero-order valence-electron chi connectivity index (χ0n) is 7.62. The van der Waals surface area contributed by atoms with Crippen LogP contribution in [0.4, 0.5) is 0 Å². The molecule has 0 aromatic rings. The Labute approximate surface area is 72.7 Å². The molecule has 1 aliphatic heterocycles. The van der Waals surface area contributed by atoms with Crippen molar-refractivity contribution < 1.29 is 14.6 Å². The summed E-state index contributed by atoms with van der Waals surface area (Å²) in [5, 5.41) is 9.26. The maximum atomic E-state index is 10.8. The van der Waals surface area contributed by atoms with Crippen LogP contribution in [0.3, 0.4) is 0 Å². The molecule has 1 fully saturated rings. The van der Waals surface area contributed by atoms with Crippen molar-refractivity contribution in [1.82, 2.24) is 0 Å². The van der Waals surface area contributed by atoms with Crippen LogP contribution in [0.2, 0.25) is 0 Å². The third-order valence-electron chi connectivity index (χ3n) is 2.49. The first-order valence-corrected chi connectivity index (χ1v) is 4.51. The minimum absolute atomic E-state index is 0.0208. The molecule has 70 valence electrons. The molecule has 1 rings (SSSR count). The molecule has 1 heterocycles. The molecule has 12 heavy (non-hydrogen) atoms. The van der Waals surface area contributed by atoms with E-state index < -0.39 is 6.29 Å². The molecule has 2 unspecified atom stereocenters. The number of carbonyl (C=O) groups excluding carboxylic acids is 1. The molecule has 0 aliphatic carbocycles. The molecule has 3 heteroatoms. The lowest BCUT2D eigenvalue weighted by atomic mass is 9.92. The summed E-state index contributed by atoms with van der Waals surface area (Å²) in [6, 6.07) is 0. The summed E-state index contributed by atoms with van der Waals surface area (Å²) < 4.78 is 4.64. The maximum absolute atomic E-state index is 10.8. The number of hydrogen-bond donors (Lipinski definition) is 1. The monoisotopic (exact) mass is 172 g/mol. The maximum Gasteiger partial charge on any atom is 0.308 e. The Morgan fingerprint density at radius 1 is 1.75 bits per heavy atom. The van der Waals surface area contributed by atoms with Gasteiger partial charge in [0.05, 0.1) is 6.42 Å². The van der Waals surface area contributed by atoms with Gasteiger partial charge in [0.15, 0.2) is 0 Å². The third-order valence-corrected chi connectivity index (χ3v) is 2.49. The fourth-order valence-corrected chi connectivity index (χ4v) is 1.48. The average Bonchev–Trinajstić information content (AvgIpc) is 2.30. The van der Waals surface area contributed by atoms with Crippen molar-refractivity contribution in [3.63, 3.8) is 0 Å². The molecule has 0 bridgehead atoms. The highest BCUT2D eigenvalue weighted by Gasteiger charge is 2.33. The van der Waals surface area contributed by atoms with E-state index in [4.69, 9.17) is 0 Å². The topological polar surface area (TPSA) is 46.5 Å². The first-order chi connectivity index (χ1) is 5.63. The minimum Gasteiger partial charge on any atom is -0.436 e. The van der Waals surface area contributed by atoms with E-state index >= 15 is 0 Å². The van der Waals surface area contributed by atoms with E-state index in [0.717, 1.165) is 12.8 Å². The van der Waals surface area contributed by atoms with Crippen LogP contribution in [0, 0.1) is 11.8 Å². The zero-order valence-corrected chi connectivity index (χ0v) is 7.62. The summed E-state index contributed by atoms with van der Waals surface area (Å²) in [6.07, 6.45) is 1.48. The van der Waals surface area contributed by atoms with Crippen molar-refractivity contribution in [2.45, 2.75) is 39.4 Å². The molecule has 1 aliphatic rings. The number of cyclic esters (lactones) is 1. The molecule has 3 nitrogen and oxygen atoms in total. The van der Waals surface area contributed by atoms with E-state index in [9.17, 15) is 9.90 Å². The van der Waals surface area contributed by atoms with Gasteiger partial charge in [-0.3, -0.25) is 4.79 Å². The molecule has 1 saturated heterocycles. The number of aliphatic hydroxyl groups is 1. The predicted octanol–water partition coefficient (Wildman–Crippen LogP) is 1.30. The number of esters is 1. The lowest BCUT2D eigenvalue weighted by Gasteiger charge is -2.15. The van der Waals surface area contributed by atoms with E-state index in [1.807, 2.05) is 0 Å². The van der Waals surface area contributed by atoms with Gasteiger partial charge in [-0.05, 0) is 12.3 Å². The first kappa shape index (κ1) is 9.52. The molecular formula is C9H16O3. The van der Waals surface area contributed by atoms with Gasteiger partial charge in [-0.25, -0.2) is 0 Å². The van der Waals surface area contributed by atoms with Gasteiger partial charge in [-0.1, -0.05) is 20.3 Å². The van der Waals surface area contributed by atoms with E-state index in [0.29, 0.717) is 12.3 Å². The second-order valence-electron chi connectivity index (χ2n) is 3.59. The summed E-state index contributed by atoms with van der Waals surface area (Å²) >= 11 is 0. The van der Waals surface area contributed by atoms with Crippen molar-refractivity contribution >= 4 is 5.97 Å². The van der Waals surface area contributed by atoms with Crippen molar-refractivity contribution in [2.24, 2.45) is 11.8 Å². The summed E-state index contributed by atoms with van der Waals surface area (Å²) in [4.78, 5) is 10.8. The summed E-state index contributed by atoms with van der Waals surface area (Å²) in [5.74, 6) is 0.308. The van der Waals surface area contributed by atoms with Crippen LogP contribution >= 0.6 is 0 Å². The number of rotatable bonds is 3. The van der Waals surface area contributed by atoms with Crippen molar-refractivity contribution in [3.8, 4) is 0 Å². The Balaban J connectivity index is 2.37. The lowest BCUT2D eigenvalue weighted by molar-refractivity contribution is -0.156. The molecular weight excluding hydrogens is 156 g/mol. The van der Waals surface area contributed by atoms with Crippen LogP contribution in [0.1, 0.15) is 33.1 Å². The van der Waals surface area contributed by atoms with Crippen LogP contribution in [0.15, 0.2) is 0 Å². The van der Waals surface area contributed by atoms with E-state index in [2.05, 4.69) is 18.6 Å². The number of ether oxygens (including phenoxy) is 1. The van der Waals surface area contributed by atoms with E-state index in [1.54, 1.807) is 0 Å². The van der Waals surface area contributed by atoms with Crippen LogP contribution in [0.25, 0.3) is 0 Å². The van der Waals surface area contributed by atoms with E-state index in [1.165, 1.54) is 0 Å². The molecule has 0 spiro atoms. The molecule has 0 aromatic heterocycles. The SMILES string of the molecule is CCC(C)C[C@H]1CC(=O)OC1O. The highest BCUT2D eigenvalue weighted by Crippen LogP contribution is 2.27.